The molecule has 0 aliphatic heterocycles. The highest BCUT2D eigenvalue weighted by atomic mass is 16.1. The van der Waals surface area contributed by atoms with Crippen LogP contribution in [0.5, 0.6) is 0 Å². The highest BCUT2D eigenvalue weighted by molar-refractivity contribution is 6.06. The van der Waals surface area contributed by atoms with Crippen LogP contribution in [0.1, 0.15) is 51.4 Å². The van der Waals surface area contributed by atoms with Gasteiger partial charge in [0.25, 0.3) is 5.91 Å². The zero-order chi connectivity index (χ0) is 15.0. The third-order valence-corrected chi connectivity index (χ3v) is 3.12. The van der Waals surface area contributed by atoms with Crippen LogP contribution in [0.15, 0.2) is 24.5 Å². The summed E-state index contributed by atoms with van der Waals surface area (Å²) in [5.74, 6) is -0.0569. The van der Waals surface area contributed by atoms with Crippen molar-refractivity contribution < 1.29 is 4.79 Å². The number of rotatable bonds is 3. The van der Waals surface area contributed by atoms with Crippen molar-refractivity contribution in [3.05, 3.63) is 30.1 Å². The maximum atomic E-state index is 12.5. The van der Waals surface area contributed by atoms with Crippen LogP contribution in [0.25, 0.3) is 11.0 Å². The monoisotopic (exact) mass is 273 g/mol. The highest BCUT2D eigenvalue weighted by Gasteiger charge is 2.28. The second kappa shape index (κ2) is 4.93. The minimum absolute atomic E-state index is 0.0569. The minimum atomic E-state index is -0.249. The lowest BCUT2D eigenvalue weighted by Gasteiger charge is -2.33. The van der Waals surface area contributed by atoms with Gasteiger partial charge in [0.1, 0.15) is 5.65 Å². The first-order valence-corrected chi connectivity index (χ1v) is 6.93. The second-order valence-electron chi connectivity index (χ2n) is 7.18. The van der Waals surface area contributed by atoms with E-state index in [1.807, 2.05) is 12.1 Å². The molecule has 0 saturated carbocycles. The summed E-state index contributed by atoms with van der Waals surface area (Å²) in [6.45, 7) is 10.6. The molecule has 0 unspecified atom stereocenters. The van der Waals surface area contributed by atoms with Crippen molar-refractivity contribution in [3.63, 3.8) is 0 Å². The molecule has 0 fully saturated rings. The van der Waals surface area contributed by atoms with E-state index in [9.17, 15) is 4.79 Å². The lowest BCUT2D eigenvalue weighted by Crippen LogP contribution is -2.45. The molecule has 2 aromatic heterocycles. The number of aromatic amines is 1. The van der Waals surface area contributed by atoms with Crippen LogP contribution in [-0.2, 0) is 0 Å². The molecule has 2 heterocycles. The van der Waals surface area contributed by atoms with Crippen LogP contribution in [0, 0.1) is 5.41 Å². The Balaban J connectivity index is 2.20. The SMILES string of the molecule is CC(C)(C)CC(C)(C)NC(=O)c1c[nH]c2ncccc12. The van der Waals surface area contributed by atoms with Crippen LogP contribution < -0.4 is 5.32 Å². The average Bonchev–Trinajstić information content (AvgIpc) is 2.68. The third kappa shape index (κ3) is 3.38. The first-order chi connectivity index (χ1) is 9.18. The van der Waals surface area contributed by atoms with Gasteiger partial charge >= 0.3 is 0 Å². The molecule has 0 aliphatic carbocycles. The second-order valence-corrected chi connectivity index (χ2v) is 7.18. The Morgan fingerprint density at radius 1 is 1.30 bits per heavy atom. The van der Waals surface area contributed by atoms with Crippen LogP contribution in [0.3, 0.4) is 0 Å². The average molecular weight is 273 g/mol. The lowest BCUT2D eigenvalue weighted by molar-refractivity contribution is 0.0893. The molecule has 0 bridgehead atoms. The maximum absolute atomic E-state index is 12.5. The summed E-state index contributed by atoms with van der Waals surface area (Å²) >= 11 is 0. The molecular formula is C16H23N3O. The lowest BCUT2D eigenvalue weighted by atomic mass is 9.81. The quantitative estimate of drug-likeness (QED) is 0.899. The van der Waals surface area contributed by atoms with Gasteiger partial charge in [0.2, 0.25) is 0 Å². The molecule has 0 saturated heterocycles. The minimum Gasteiger partial charge on any atom is -0.347 e. The molecule has 1 amide bonds. The molecule has 108 valence electrons. The third-order valence-electron chi connectivity index (χ3n) is 3.12. The highest BCUT2D eigenvalue weighted by Crippen LogP contribution is 2.27. The summed E-state index contributed by atoms with van der Waals surface area (Å²) in [6, 6.07) is 3.75. The number of nitrogens with one attached hydrogen (secondary N) is 2. The molecule has 2 N–H and O–H groups in total. The zero-order valence-corrected chi connectivity index (χ0v) is 12.9. The van der Waals surface area contributed by atoms with Gasteiger partial charge in [-0.3, -0.25) is 4.79 Å². The largest absolute Gasteiger partial charge is 0.347 e. The number of fused-ring (bicyclic) bond motifs is 1. The molecule has 4 heteroatoms. The van der Waals surface area contributed by atoms with E-state index in [0.717, 1.165) is 17.5 Å². The molecule has 0 aliphatic rings. The van der Waals surface area contributed by atoms with Gasteiger partial charge in [-0.05, 0) is 37.8 Å². The van der Waals surface area contributed by atoms with E-state index in [1.54, 1.807) is 12.4 Å². The fourth-order valence-electron chi connectivity index (χ4n) is 2.89. The number of carbonyl (C=O) groups excluding carboxylic acids is 1. The number of hydrogen-bond donors (Lipinski definition) is 2. The van der Waals surface area contributed by atoms with E-state index in [-0.39, 0.29) is 16.9 Å². The molecule has 4 nitrogen and oxygen atoms in total. The van der Waals surface area contributed by atoms with E-state index in [0.29, 0.717) is 5.56 Å². The number of hydrogen-bond acceptors (Lipinski definition) is 2. The molecule has 0 radical (unpaired) electrons. The van der Waals surface area contributed by atoms with Gasteiger partial charge in [-0.2, -0.15) is 0 Å². The molecular weight excluding hydrogens is 250 g/mol. The van der Waals surface area contributed by atoms with Gasteiger partial charge in [0.15, 0.2) is 0 Å². The Labute approximate surface area is 120 Å². The normalized spacial score (nSPS) is 12.7. The van der Waals surface area contributed by atoms with Crippen molar-refractivity contribution in [2.75, 3.05) is 0 Å². The summed E-state index contributed by atoms with van der Waals surface area (Å²) in [7, 11) is 0. The number of pyridine rings is 1. The van der Waals surface area contributed by atoms with Gasteiger partial charge in [0.05, 0.1) is 5.56 Å². The number of H-pyrrole nitrogens is 1. The van der Waals surface area contributed by atoms with E-state index in [2.05, 4.69) is 49.9 Å². The van der Waals surface area contributed by atoms with Gasteiger partial charge in [-0.1, -0.05) is 20.8 Å². The van der Waals surface area contributed by atoms with Crippen molar-refractivity contribution in [3.8, 4) is 0 Å². The maximum Gasteiger partial charge on any atom is 0.253 e. The van der Waals surface area contributed by atoms with Gasteiger partial charge in [-0.25, -0.2) is 4.98 Å². The van der Waals surface area contributed by atoms with Gasteiger partial charge in [-0.15, -0.1) is 0 Å². The van der Waals surface area contributed by atoms with Crippen molar-refractivity contribution in [1.82, 2.24) is 15.3 Å². The smallest absolute Gasteiger partial charge is 0.253 e. The summed E-state index contributed by atoms with van der Waals surface area (Å²) in [5, 5.41) is 3.98. The first-order valence-electron chi connectivity index (χ1n) is 6.93. The van der Waals surface area contributed by atoms with Crippen molar-refractivity contribution in [2.24, 2.45) is 5.41 Å². The Hall–Kier alpha value is -1.84. The number of aromatic nitrogens is 2. The molecule has 0 spiro atoms. The standard InChI is InChI=1S/C16H23N3O/c1-15(2,3)10-16(4,5)19-14(20)12-9-18-13-11(12)7-6-8-17-13/h6-9H,10H2,1-5H3,(H,17,18)(H,19,20). The number of carbonyl (C=O) groups is 1. The Morgan fingerprint density at radius 2 is 2.00 bits per heavy atom. The predicted molar refractivity (Wildman–Crippen MR) is 81.7 cm³/mol. The molecule has 0 atom stereocenters. The van der Waals surface area contributed by atoms with E-state index in [1.165, 1.54) is 0 Å². The van der Waals surface area contributed by atoms with Crippen LogP contribution >= 0.6 is 0 Å². The summed E-state index contributed by atoms with van der Waals surface area (Å²) < 4.78 is 0. The van der Waals surface area contributed by atoms with E-state index < -0.39 is 0 Å². The molecule has 20 heavy (non-hydrogen) atoms. The van der Waals surface area contributed by atoms with Crippen molar-refractivity contribution in [2.45, 2.75) is 46.6 Å². The van der Waals surface area contributed by atoms with E-state index in [4.69, 9.17) is 0 Å². The fraction of sp³-hybridized carbons (Fsp3) is 0.500. The van der Waals surface area contributed by atoms with Gasteiger partial charge in [0, 0.05) is 23.3 Å². The molecule has 2 rings (SSSR count). The van der Waals surface area contributed by atoms with Gasteiger partial charge < -0.3 is 10.3 Å². The summed E-state index contributed by atoms with van der Waals surface area (Å²) in [6.07, 6.45) is 4.34. The Bertz CT molecular complexity index is 620. The van der Waals surface area contributed by atoms with Crippen LogP contribution in [0.4, 0.5) is 0 Å². The number of amides is 1. The Morgan fingerprint density at radius 3 is 2.65 bits per heavy atom. The summed E-state index contributed by atoms with van der Waals surface area (Å²) in [4.78, 5) is 19.7. The van der Waals surface area contributed by atoms with Crippen LogP contribution in [0.2, 0.25) is 0 Å². The summed E-state index contributed by atoms with van der Waals surface area (Å²) in [5.41, 5.74) is 1.31. The fourth-order valence-corrected chi connectivity index (χ4v) is 2.89. The van der Waals surface area contributed by atoms with E-state index >= 15 is 0 Å². The zero-order valence-electron chi connectivity index (χ0n) is 12.9. The predicted octanol–water partition coefficient (Wildman–Crippen LogP) is 3.51. The number of nitrogens with zero attached hydrogens (tertiary/aromatic N) is 1. The topological polar surface area (TPSA) is 57.8 Å². The van der Waals surface area contributed by atoms with Crippen LogP contribution in [-0.4, -0.2) is 21.4 Å². The molecule has 2 aromatic rings. The van der Waals surface area contributed by atoms with Crippen molar-refractivity contribution >= 4 is 16.9 Å². The first kappa shape index (κ1) is 14.6. The van der Waals surface area contributed by atoms with Crippen molar-refractivity contribution in [1.29, 1.82) is 0 Å². The molecule has 0 aromatic carbocycles. The Kier molecular flexibility index (Phi) is 3.59.